The van der Waals surface area contributed by atoms with Gasteiger partial charge in [-0.05, 0) is 53.9 Å². The molecule has 0 N–H and O–H groups in total. The van der Waals surface area contributed by atoms with Crippen molar-refractivity contribution in [2.75, 3.05) is 20.8 Å². The lowest BCUT2D eigenvalue weighted by atomic mass is 9.98. The number of methoxy groups -OCH3 is 2. The zero-order valence-corrected chi connectivity index (χ0v) is 19.5. The molecule has 0 saturated carbocycles. The Morgan fingerprint density at radius 1 is 0.941 bits per heavy atom. The Morgan fingerprint density at radius 3 is 2.50 bits per heavy atom. The van der Waals surface area contributed by atoms with E-state index in [2.05, 4.69) is 0 Å². The number of nitrogens with zero attached hydrogens (tertiary/aromatic N) is 1. The number of carbonyl (C=O) groups excluding carboxylic acids is 1. The van der Waals surface area contributed by atoms with Crippen molar-refractivity contribution in [1.29, 1.82) is 0 Å². The smallest absolute Gasteiger partial charge is 0.290 e. The van der Waals surface area contributed by atoms with Gasteiger partial charge in [-0.3, -0.25) is 9.59 Å². The first-order chi connectivity index (χ1) is 16.5. The van der Waals surface area contributed by atoms with Crippen LogP contribution in [0, 0.1) is 0 Å². The van der Waals surface area contributed by atoms with Crippen molar-refractivity contribution in [2.45, 2.75) is 12.5 Å². The highest BCUT2D eigenvalue weighted by atomic mass is 35.5. The van der Waals surface area contributed by atoms with Gasteiger partial charge >= 0.3 is 0 Å². The van der Waals surface area contributed by atoms with Gasteiger partial charge in [-0.2, -0.15) is 0 Å². The fraction of sp³-hybridized carbons (Fsp3) is 0.185. The lowest BCUT2D eigenvalue weighted by Gasteiger charge is -2.25. The molecule has 1 aliphatic heterocycles. The van der Waals surface area contributed by atoms with E-state index in [0.29, 0.717) is 46.0 Å². The van der Waals surface area contributed by atoms with Gasteiger partial charge < -0.3 is 18.8 Å². The SMILES string of the molecule is COc1ccc(CCN2C(=O)c3oc4ccccc4c(=O)c3[C@@H]2c2cccc(Cl)c2)cc1OC. The van der Waals surface area contributed by atoms with E-state index >= 15 is 0 Å². The molecule has 0 unspecified atom stereocenters. The largest absolute Gasteiger partial charge is 0.493 e. The maximum atomic E-state index is 13.5. The summed E-state index contributed by atoms with van der Waals surface area (Å²) in [6.07, 6.45) is 0.546. The van der Waals surface area contributed by atoms with E-state index in [0.717, 1.165) is 11.1 Å². The second-order valence-corrected chi connectivity index (χ2v) is 8.50. The molecule has 6 nitrogen and oxygen atoms in total. The summed E-state index contributed by atoms with van der Waals surface area (Å²) in [5, 5.41) is 0.978. The van der Waals surface area contributed by atoms with Gasteiger partial charge in [0.15, 0.2) is 16.9 Å². The van der Waals surface area contributed by atoms with E-state index in [1.165, 1.54) is 0 Å². The second kappa shape index (κ2) is 8.88. The molecule has 4 aromatic rings. The van der Waals surface area contributed by atoms with Crippen LogP contribution in [0.15, 0.2) is 75.9 Å². The molecule has 0 fully saturated rings. The van der Waals surface area contributed by atoms with Gasteiger partial charge in [0.05, 0.1) is 31.2 Å². The highest BCUT2D eigenvalue weighted by molar-refractivity contribution is 6.30. The number of hydrogen-bond acceptors (Lipinski definition) is 5. The molecular weight excluding hydrogens is 454 g/mol. The predicted octanol–water partition coefficient (Wildman–Crippen LogP) is 5.25. The van der Waals surface area contributed by atoms with Crippen LogP contribution in [0.2, 0.25) is 5.02 Å². The van der Waals surface area contributed by atoms with Crippen LogP contribution < -0.4 is 14.9 Å². The van der Waals surface area contributed by atoms with E-state index in [-0.39, 0.29) is 17.1 Å². The molecule has 1 aromatic heterocycles. The summed E-state index contributed by atoms with van der Waals surface area (Å²) in [6, 6.07) is 19.3. The summed E-state index contributed by atoms with van der Waals surface area (Å²) in [5.41, 5.74) is 2.26. The maximum absolute atomic E-state index is 13.5. The van der Waals surface area contributed by atoms with Crippen molar-refractivity contribution in [3.8, 4) is 11.5 Å². The summed E-state index contributed by atoms with van der Waals surface area (Å²) in [6.45, 7) is 0.367. The maximum Gasteiger partial charge on any atom is 0.290 e. The standard InChI is InChI=1S/C27H22ClNO5/c1-32-21-11-10-16(14-22(21)33-2)12-13-29-24(17-6-5-7-18(28)15-17)23-25(30)19-8-3-4-9-20(19)34-26(23)27(29)31/h3-11,14-15,24H,12-13H2,1-2H3/t24-/m0/s1. The van der Waals surface area contributed by atoms with Crippen molar-refractivity contribution in [3.63, 3.8) is 0 Å². The molecule has 34 heavy (non-hydrogen) atoms. The topological polar surface area (TPSA) is 69.0 Å². The summed E-state index contributed by atoms with van der Waals surface area (Å²) in [7, 11) is 3.17. The Balaban J connectivity index is 1.58. The lowest BCUT2D eigenvalue weighted by molar-refractivity contribution is 0.0730. The quantitative estimate of drug-likeness (QED) is 0.381. The van der Waals surface area contributed by atoms with E-state index in [1.54, 1.807) is 55.5 Å². The molecule has 0 radical (unpaired) electrons. The monoisotopic (exact) mass is 475 g/mol. The highest BCUT2D eigenvalue weighted by Crippen LogP contribution is 2.39. The molecular formula is C27H22ClNO5. The lowest BCUT2D eigenvalue weighted by Crippen LogP contribution is -2.31. The molecule has 0 saturated heterocycles. The summed E-state index contributed by atoms with van der Waals surface area (Å²) < 4.78 is 16.7. The summed E-state index contributed by atoms with van der Waals surface area (Å²) >= 11 is 6.27. The van der Waals surface area contributed by atoms with Gasteiger partial charge in [0, 0.05) is 11.6 Å². The molecule has 1 amide bonds. The van der Waals surface area contributed by atoms with Crippen LogP contribution in [0.3, 0.4) is 0 Å². The fourth-order valence-corrected chi connectivity index (χ4v) is 4.71. The fourth-order valence-electron chi connectivity index (χ4n) is 4.51. The molecule has 5 rings (SSSR count). The highest BCUT2D eigenvalue weighted by Gasteiger charge is 2.42. The number of fused-ring (bicyclic) bond motifs is 2. The average molecular weight is 476 g/mol. The van der Waals surface area contributed by atoms with Crippen molar-refractivity contribution < 1.29 is 18.7 Å². The number of carbonyl (C=O) groups is 1. The first kappa shape index (κ1) is 22.0. The Morgan fingerprint density at radius 2 is 1.74 bits per heavy atom. The Bertz CT molecular complexity index is 1460. The summed E-state index contributed by atoms with van der Waals surface area (Å²) in [5.74, 6) is 1.02. The van der Waals surface area contributed by atoms with Crippen molar-refractivity contribution in [2.24, 2.45) is 0 Å². The van der Waals surface area contributed by atoms with Crippen molar-refractivity contribution in [3.05, 3.63) is 104 Å². The van der Waals surface area contributed by atoms with E-state index in [9.17, 15) is 9.59 Å². The van der Waals surface area contributed by atoms with Crippen LogP contribution in [0.4, 0.5) is 0 Å². The minimum Gasteiger partial charge on any atom is -0.493 e. The first-order valence-corrected chi connectivity index (χ1v) is 11.2. The molecule has 0 spiro atoms. The number of ether oxygens (including phenoxy) is 2. The third-order valence-corrected chi connectivity index (χ3v) is 6.36. The first-order valence-electron chi connectivity index (χ1n) is 10.8. The van der Waals surface area contributed by atoms with Gasteiger partial charge in [0.25, 0.3) is 5.91 Å². The molecule has 1 aliphatic rings. The number of halogens is 1. The molecule has 3 aromatic carbocycles. The zero-order valence-electron chi connectivity index (χ0n) is 18.7. The van der Waals surface area contributed by atoms with Gasteiger partial charge in [-0.25, -0.2) is 0 Å². The Hall–Kier alpha value is -3.77. The van der Waals surface area contributed by atoms with Crippen LogP contribution in [0.25, 0.3) is 11.0 Å². The molecule has 172 valence electrons. The van der Waals surface area contributed by atoms with Crippen molar-refractivity contribution in [1.82, 2.24) is 4.90 Å². The molecule has 7 heteroatoms. The minimum absolute atomic E-state index is 0.0842. The molecule has 2 heterocycles. The summed E-state index contributed by atoms with van der Waals surface area (Å²) in [4.78, 5) is 28.7. The third-order valence-electron chi connectivity index (χ3n) is 6.13. The zero-order chi connectivity index (χ0) is 23.8. The third kappa shape index (κ3) is 3.70. The van der Waals surface area contributed by atoms with Crippen LogP contribution in [0.5, 0.6) is 11.5 Å². The Kier molecular flexibility index (Phi) is 5.75. The average Bonchev–Trinajstić information content (AvgIpc) is 3.14. The van der Waals surface area contributed by atoms with E-state index in [4.69, 9.17) is 25.5 Å². The van der Waals surface area contributed by atoms with Crippen LogP contribution >= 0.6 is 11.6 Å². The number of para-hydroxylation sites is 1. The van der Waals surface area contributed by atoms with Gasteiger partial charge in [-0.15, -0.1) is 0 Å². The number of hydrogen-bond donors (Lipinski definition) is 0. The molecule has 0 bridgehead atoms. The second-order valence-electron chi connectivity index (χ2n) is 8.07. The molecule has 1 atom stereocenters. The van der Waals surface area contributed by atoms with Crippen molar-refractivity contribution >= 4 is 28.5 Å². The number of benzene rings is 3. The molecule has 0 aliphatic carbocycles. The Labute approximate surface area is 201 Å². The minimum atomic E-state index is -0.595. The number of amides is 1. The van der Waals surface area contributed by atoms with E-state index < -0.39 is 6.04 Å². The van der Waals surface area contributed by atoms with Crippen LogP contribution in [-0.2, 0) is 6.42 Å². The normalized spacial score (nSPS) is 15.0. The predicted molar refractivity (Wildman–Crippen MR) is 130 cm³/mol. The van der Waals surface area contributed by atoms with Gasteiger partial charge in [0.2, 0.25) is 5.76 Å². The number of rotatable bonds is 6. The van der Waals surface area contributed by atoms with Gasteiger partial charge in [-0.1, -0.05) is 41.9 Å². The van der Waals surface area contributed by atoms with Crippen LogP contribution in [-0.4, -0.2) is 31.6 Å². The van der Waals surface area contributed by atoms with Gasteiger partial charge in [0.1, 0.15) is 5.58 Å². The van der Waals surface area contributed by atoms with E-state index in [1.807, 2.05) is 30.3 Å². The van der Waals surface area contributed by atoms with Crippen LogP contribution in [0.1, 0.15) is 33.3 Å².